The van der Waals surface area contributed by atoms with E-state index in [2.05, 4.69) is 10.4 Å². The van der Waals surface area contributed by atoms with Gasteiger partial charge in [-0.05, 0) is 43.2 Å². The van der Waals surface area contributed by atoms with Crippen molar-refractivity contribution in [1.29, 1.82) is 0 Å². The standard InChI is InChI=1S/C15H18N4O3S/c16-23(21,22)13-7-5-11(6-8-13)17-15(20)14-9-10-19(18-14)12-3-1-2-4-12/h5-10,12H,1-4H2,(H,17,20)(H2,16,21,22). The molecule has 122 valence electrons. The Morgan fingerprint density at radius 1 is 1.17 bits per heavy atom. The predicted molar refractivity (Wildman–Crippen MR) is 85.5 cm³/mol. The first kappa shape index (κ1) is 15.7. The second kappa shape index (κ2) is 6.13. The third-order valence-corrected chi connectivity index (χ3v) is 4.91. The maximum absolute atomic E-state index is 12.2. The minimum Gasteiger partial charge on any atom is -0.321 e. The summed E-state index contributed by atoms with van der Waals surface area (Å²) in [5.41, 5.74) is 0.824. The van der Waals surface area contributed by atoms with Gasteiger partial charge >= 0.3 is 0 Å². The van der Waals surface area contributed by atoms with Crippen molar-refractivity contribution in [2.24, 2.45) is 5.14 Å². The van der Waals surface area contributed by atoms with Gasteiger partial charge in [-0.1, -0.05) is 12.8 Å². The lowest BCUT2D eigenvalue weighted by molar-refractivity contribution is 0.102. The van der Waals surface area contributed by atoms with E-state index in [4.69, 9.17) is 5.14 Å². The Morgan fingerprint density at radius 3 is 2.43 bits per heavy atom. The molecule has 0 aliphatic heterocycles. The molecule has 3 N–H and O–H groups in total. The molecule has 0 unspecified atom stereocenters. The molecule has 1 aromatic heterocycles. The molecule has 0 saturated heterocycles. The minimum atomic E-state index is -3.73. The highest BCUT2D eigenvalue weighted by Crippen LogP contribution is 2.28. The van der Waals surface area contributed by atoms with Gasteiger partial charge in [-0.15, -0.1) is 0 Å². The van der Waals surface area contributed by atoms with Gasteiger partial charge in [0.2, 0.25) is 10.0 Å². The van der Waals surface area contributed by atoms with Crippen molar-refractivity contribution in [2.75, 3.05) is 5.32 Å². The van der Waals surface area contributed by atoms with Crippen LogP contribution in [0.15, 0.2) is 41.4 Å². The first-order chi connectivity index (χ1) is 10.9. The molecule has 0 radical (unpaired) electrons. The van der Waals surface area contributed by atoms with Gasteiger partial charge in [-0.25, -0.2) is 13.6 Å². The van der Waals surface area contributed by atoms with Crippen molar-refractivity contribution in [3.63, 3.8) is 0 Å². The summed E-state index contributed by atoms with van der Waals surface area (Å²) < 4.78 is 24.2. The average molecular weight is 334 g/mol. The molecule has 7 nitrogen and oxygen atoms in total. The predicted octanol–water partition coefficient (Wildman–Crippen LogP) is 1.90. The smallest absolute Gasteiger partial charge is 0.276 e. The van der Waals surface area contributed by atoms with Gasteiger partial charge in [0, 0.05) is 11.9 Å². The summed E-state index contributed by atoms with van der Waals surface area (Å²) in [5.74, 6) is -0.329. The van der Waals surface area contributed by atoms with Crippen LogP contribution in [-0.4, -0.2) is 24.1 Å². The van der Waals surface area contributed by atoms with E-state index >= 15 is 0 Å². The fourth-order valence-electron chi connectivity index (χ4n) is 2.75. The Hall–Kier alpha value is -2.19. The minimum absolute atomic E-state index is 0.000935. The summed E-state index contributed by atoms with van der Waals surface area (Å²) in [6.07, 6.45) is 6.41. The lowest BCUT2D eigenvalue weighted by Gasteiger charge is -2.09. The highest BCUT2D eigenvalue weighted by Gasteiger charge is 2.19. The fourth-order valence-corrected chi connectivity index (χ4v) is 3.27. The van der Waals surface area contributed by atoms with E-state index in [-0.39, 0.29) is 10.8 Å². The number of anilines is 1. The number of aromatic nitrogens is 2. The Bertz CT molecular complexity index is 806. The van der Waals surface area contributed by atoms with Crippen LogP contribution in [0.4, 0.5) is 5.69 Å². The molecule has 8 heteroatoms. The Kier molecular flexibility index (Phi) is 4.18. The molecule has 1 aliphatic carbocycles. The third kappa shape index (κ3) is 3.59. The number of sulfonamides is 1. The van der Waals surface area contributed by atoms with E-state index < -0.39 is 10.0 Å². The molecule has 1 amide bonds. The van der Waals surface area contributed by atoms with Crippen LogP contribution in [-0.2, 0) is 10.0 Å². The summed E-state index contributed by atoms with van der Waals surface area (Å²) in [4.78, 5) is 12.2. The number of rotatable bonds is 4. The molecular formula is C15H18N4O3S. The molecule has 2 aromatic rings. The van der Waals surface area contributed by atoms with Crippen LogP contribution in [0.25, 0.3) is 0 Å². The van der Waals surface area contributed by atoms with E-state index in [1.807, 2.05) is 10.9 Å². The van der Waals surface area contributed by atoms with E-state index in [0.29, 0.717) is 17.4 Å². The van der Waals surface area contributed by atoms with Crippen LogP contribution in [0.5, 0.6) is 0 Å². The van der Waals surface area contributed by atoms with E-state index in [1.54, 1.807) is 6.07 Å². The zero-order valence-electron chi connectivity index (χ0n) is 12.5. The van der Waals surface area contributed by atoms with Gasteiger partial charge in [0.1, 0.15) is 0 Å². The average Bonchev–Trinajstić information content (AvgIpc) is 3.18. The molecule has 1 aliphatic rings. The largest absolute Gasteiger partial charge is 0.321 e. The summed E-state index contributed by atoms with van der Waals surface area (Å²) in [6.45, 7) is 0. The zero-order valence-corrected chi connectivity index (χ0v) is 13.3. The van der Waals surface area contributed by atoms with Crippen LogP contribution in [0.3, 0.4) is 0 Å². The third-order valence-electron chi connectivity index (χ3n) is 3.98. The maximum atomic E-state index is 12.2. The number of benzene rings is 1. The van der Waals surface area contributed by atoms with Crippen molar-refractivity contribution >= 4 is 21.6 Å². The lowest BCUT2D eigenvalue weighted by atomic mass is 10.3. The Balaban J connectivity index is 1.69. The highest BCUT2D eigenvalue weighted by molar-refractivity contribution is 7.89. The molecule has 0 atom stereocenters. The number of nitrogens with zero attached hydrogens (tertiary/aromatic N) is 2. The van der Waals surface area contributed by atoms with Crippen LogP contribution in [0.2, 0.25) is 0 Å². The number of carbonyl (C=O) groups excluding carboxylic acids is 1. The summed E-state index contributed by atoms with van der Waals surface area (Å²) in [6, 6.07) is 7.75. The van der Waals surface area contributed by atoms with E-state index in [0.717, 1.165) is 12.8 Å². The molecule has 1 aromatic carbocycles. The van der Waals surface area contributed by atoms with Crippen molar-refractivity contribution in [3.8, 4) is 0 Å². The maximum Gasteiger partial charge on any atom is 0.276 e. The van der Waals surface area contributed by atoms with E-state index in [9.17, 15) is 13.2 Å². The second-order valence-electron chi connectivity index (χ2n) is 5.64. The van der Waals surface area contributed by atoms with Crippen LogP contribution >= 0.6 is 0 Å². The van der Waals surface area contributed by atoms with Crippen molar-refractivity contribution < 1.29 is 13.2 Å². The molecular weight excluding hydrogens is 316 g/mol. The Morgan fingerprint density at radius 2 is 1.83 bits per heavy atom. The number of hydrogen-bond donors (Lipinski definition) is 2. The van der Waals surface area contributed by atoms with Gasteiger partial charge in [-0.3, -0.25) is 9.48 Å². The van der Waals surface area contributed by atoms with E-state index in [1.165, 1.54) is 37.1 Å². The lowest BCUT2D eigenvalue weighted by Crippen LogP contribution is -2.15. The zero-order chi connectivity index (χ0) is 16.4. The first-order valence-electron chi connectivity index (χ1n) is 7.43. The first-order valence-corrected chi connectivity index (χ1v) is 8.97. The molecule has 0 bridgehead atoms. The number of amides is 1. The molecule has 23 heavy (non-hydrogen) atoms. The fraction of sp³-hybridized carbons (Fsp3) is 0.333. The van der Waals surface area contributed by atoms with Crippen LogP contribution in [0, 0.1) is 0 Å². The quantitative estimate of drug-likeness (QED) is 0.890. The van der Waals surface area contributed by atoms with Gasteiger partial charge in [0.25, 0.3) is 5.91 Å². The second-order valence-corrected chi connectivity index (χ2v) is 7.20. The van der Waals surface area contributed by atoms with Gasteiger partial charge in [0.05, 0.1) is 10.9 Å². The van der Waals surface area contributed by atoms with Gasteiger partial charge in [-0.2, -0.15) is 5.10 Å². The van der Waals surface area contributed by atoms with Crippen LogP contribution in [0.1, 0.15) is 42.2 Å². The van der Waals surface area contributed by atoms with Gasteiger partial charge in [0.15, 0.2) is 5.69 Å². The molecule has 1 fully saturated rings. The van der Waals surface area contributed by atoms with Gasteiger partial charge < -0.3 is 5.32 Å². The monoisotopic (exact) mass is 334 g/mol. The molecule has 1 saturated carbocycles. The Labute approximate surface area is 134 Å². The number of nitrogens with one attached hydrogen (secondary N) is 1. The summed E-state index contributed by atoms with van der Waals surface area (Å²) in [7, 11) is -3.73. The normalized spacial score (nSPS) is 15.7. The number of hydrogen-bond acceptors (Lipinski definition) is 4. The number of primary sulfonamides is 1. The molecule has 0 spiro atoms. The molecule has 1 heterocycles. The number of carbonyl (C=O) groups is 1. The highest BCUT2D eigenvalue weighted by atomic mass is 32.2. The van der Waals surface area contributed by atoms with Crippen molar-refractivity contribution in [1.82, 2.24) is 9.78 Å². The number of nitrogens with two attached hydrogens (primary N) is 1. The SMILES string of the molecule is NS(=O)(=O)c1ccc(NC(=O)c2ccn(C3CCCC3)n2)cc1. The van der Waals surface area contributed by atoms with Crippen molar-refractivity contribution in [3.05, 3.63) is 42.2 Å². The van der Waals surface area contributed by atoms with Crippen LogP contribution < -0.4 is 10.5 Å². The summed E-state index contributed by atoms with van der Waals surface area (Å²) >= 11 is 0. The topological polar surface area (TPSA) is 107 Å². The van der Waals surface area contributed by atoms with Crippen molar-refractivity contribution in [2.45, 2.75) is 36.6 Å². The molecule has 3 rings (SSSR count). The summed E-state index contributed by atoms with van der Waals surface area (Å²) in [5, 5.41) is 12.1.